The van der Waals surface area contributed by atoms with E-state index in [0.717, 1.165) is 71.7 Å². The van der Waals surface area contributed by atoms with Crippen molar-refractivity contribution in [3.63, 3.8) is 0 Å². The summed E-state index contributed by atoms with van der Waals surface area (Å²) in [6.45, 7) is 6.17. The summed E-state index contributed by atoms with van der Waals surface area (Å²) < 4.78 is 11.7. The highest BCUT2D eigenvalue weighted by Crippen LogP contribution is 2.36. The fourth-order valence-corrected chi connectivity index (χ4v) is 4.27. The van der Waals surface area contributed by atoms with Crippen LogP contribution in [0.4, 0.5) is 5.82 Å². The highest BCUT2D eigenvalue weighted by atomic mass is 16.5. The van der Waals surface area contributed by atoms with Gasteiger partial charge in [0.2, 0.25) is 0 Å². The quantitative estimate of drug-likeness (QED) is 0.855. The lowest BCUT2D eigenvalue weighted by atomic mass is 9.83. The highest BCUT2D eigenvalue weighted by molar-refractivity contribution is 5.35. The minimum absolute atomic E-state index is 0.0381. The number of H-pyrrole nitrogens is 1. The van der Waals surface area contributed by atoms with Crippen LogP contribution in [0.15, 0.2) is 17.2 Å². The van der Waals surface area contributed by atoms with Crippen molar-refractivity contribution in [3.05, 3.63) is 22.7 Å². The van der Waals surface area contributed by atoms with Crippen LogP contribution in [0.2, 0.25) is 0 Å². The fraction of sp³-hybridized carbons (Fsp3) is 0.765. The second-order valence-corrected chi connectivity index (χ2v) is 7.06. The van der Waals surface area contributed by atoms with Crippen molar-refractivity contribution in [1.29, 1.82) is 0 Å². The van der Waals surface area contributed by atoms with Crippen LogP contribution in [0.1, 0.15) is 25.7 Å². The van der Waals surface area contributed by atoms with Crippen LogP contribution >= 0.6 is 0 Å². The van der Waals surface area contributed by atoms with Gasteiger partial charge in [-0.1, -0.05) is 0 Å². The predicted molar refractivity (Wildman–Crippen MR) is 90.4 cm³/mol. The average molecular weight is 334 g/mol. The first-order valence-corrected chi connectivity index (χ1v) is 9.00. The van der Waals surface area contributed by atoms with Gasteiger partial charge in [0.15, 0.2) is 5.82 Å². The first-order chi connectivity index (χ1) is 11.8. The van der Waals surface area contributed by atoms with E-state index in [1.54, 1.807) is 12.4 Å². The maximum Gasteiger partial charge on any atom is 0.290 e. The molecule has 1 aromatic heterocycles. The number of aromatic nitrogens is 2. The lowest BCUT2D eigenvalue weighted by molar-refractivity contribution is -0.151. The molecule has 0 radical (unpaired) electrons. The third-order valence-corrected chi connectivity index (χ3v) is 5.69. The number of rotatable bonds is 2. The third-order valence-electron chi connectivity index (χ3n) is 5.69. The largest absolute Gasteiger partial charge is 0.381 e. The molecule has 1 unspecified atom stereocenters. The van der Waals surface area contributed by atoms with Crippen LogP contribution < -0.4 is 10.5 Å². The van der Waals surface area contributed by atoms with Gasteiger partial charge in [-0.25, -0.2) is 4.98 Å². The molecule has 4 rings (SSSR count). The van der Waals surface area contributed by atoms with E-state index in [9.17, 15) is 4.79 Å². The van der Waals surface area contributed by atoms with Crippen LogP contribution in [-0.2, 0) is 9.47 Å². The van der Waals surface area contributed by atoms with Crippen LogP contribution in [-0.4, -0.2) is 72.5 Å². The van der Waals surface area contributed by atoms with Crippen molar-refractivity contribution in [1.82, 2.24) is 14.9 Å². The molecule has 4 heterocycles. The topological polar surface area (TPSA) is 70.7 Å². The minimum Gasteiger partial charge on any atom is -0.381 e. The van der Waals surface area contributed by atoms with E-state index in [0.29, 0.717) is 11.9 Å². The lowest BCUT2D eigenvalue weighted by Crippen LogP contribution is -2.56. The monoisotopic (exact) mass is 334 g/mol. The van der Waals surface area contributed by atoms with Gasteiger partial charge < -0.3 is 19.4 Å². The van der Waals surface area contributed by atoms with Crippen molar-refractivity contribution in [2.24, 2.45) is 0 Å². The van der Waals surface area contributed by atoms with E-state index in [4.69, 9.17) is 9.47 Å². The Kier molecular flexibility index (Phi) is 4.56. The Morgan fingerprint density at radius 1 is 1.17 bits per heavy atom. The summed E-state index contributed by atoms with van der Waals surface area (Å²) in [6.07, 6.45) is 7.49. The van der Waals surface area contributed by atoms with Crippen LogP contribution in [0.5, 0.6) is 0 Å². The van der Waals surface area contributed by atoms with Crippen molar-refractivity contribution in [3.8, 4) is 0 Å². The maximum absolute atomic E-state index is 11.9. The molecule has 3 aliphatic rings. The van der Waals surface area contributed by atoms with Crippen LogP contribution in [0, 0.1) is 0 Å². The summed E-state index contributed by atoms with van der Waals surface area (Å²) in [5, 5.41) is 0. The molecule has 24 heavy (non-hydrogen) atoms. The zero-order chi connectivity index (χ0) is 16.4. The molecule has 3 fully saturated rings. The second kappa shape index (κ2) is 6.82. The number of hydrogen-bond acceptors (Lipinski definition) is 6. The highest BCUT2D eigenvalue weighted by Gasteiger charge is 2.41. The van der Waals surface area contributed by atoms with Crippen molar-refractivity contribution < 1.29 is 9.47 Å². The fourth-order valence-electron chi connectivity index (χ4n) is 4.27. The van der Waals surface area contributed by atoms with Gasteiger partial charge in [0.05, 0.1) is 5.60 Å². The molecule has 0 amide bonds. The minimum atomic E-state index is -0.0989. The Morgan fingerprint density at radius 2 is 1.96 bits per heavy atom. The van der Waals surface area contributed by atoms with Crippen molar-refractivity contribution in [2.45, 2.75) is 37.3 Å². The van der Waals surface area contributed by atoms with E-state index < -0.39 is 0 Å². The van der Waals surface area contributed by atoms with Gasteiger partial charge >= 0.3 is 0 Å². The molecule has 7 heteroatoms. The lowest BCUT2D eigenvalue weighted by Gasteiger charge is -2.48. The molecule has 1 aromatic rings. The molecular formula is C17H26N4O3. The van der Waals surface area contributed by atoms with Crippen molar-refractivity contribution >= 4 is 5.82 Å². The molecule has 0 aromatic carbocycles. The van der Waals surface area contributed by atoms with E-state index >= 15 is 0 Å². The zero-order valence-electron chi connectivity index (χ0n) is 14.1. The van der Waals surface area contributed by atoms with Gasteiger partial charge in [0, 0.05) is 64.4 Å². The first kappa shape index (κ1) is 16.1. The van der Waals surface area contributed by atoms with Crippen LogP contribution in [0.25, 0.3) is 0 Å². The number of nitrogens with one attached hydrogen (secondary N) is 1. The van der Waals surface area contributed by atoms with E-state index in [2.05, 4.69) is 19.8 Å². The maximum atomic E-state index is 11.9. The molecule has 0 bridgehead atoms. The third kappa shape index (κ3) is 3.20. The summed E-state index contributed by atoms with van der Waals surface area (Å²) in [7, 11) is 0. The number of nitrogens with zero attached hydrogens (tertiary/aromatic N) is 3. The van der Waals surface area contributed by atoms with Crippen LogP contribution in [0.3, 0.4) is 0 Å². The Morgan fingerprint density at radius 3 is 2.71 bits per heavy atom. The zero-order valence-corrected chi connectivity index (χ0v) is 14.1. The van der Waals surface area contributed by atoms with E-state index in [1.165, 1.54) is 0 Å². The first-order valence-electron chi connectivity index (χ1n) is 9.00. The molecular weight excluding hydrogens is 308 g/mol. The number of aromatic amines is 1. The summed E-state index contributed by atoms with van der Waals surface area (Å²) >= 11 is 0. The van der Waals surface area contributed by atoms with Gasteiger partial charge in [-0.05, 0) is 25.7 Å². The molecule has 3 aliphatic heterocycles. The Labute approximate surface area is 142 Å². The Balaban J connectivity index is 1.37. The van der Waals surface area contributed by atoms with E-state index in [1.807, 2.05) is 0 Å². The summed E-state index contributed by atoms with van der Waals surface area (Å²) in [5.74, 6) is 0.546. The Bertz CT molecular complexity index is 600. The molecule has 1 N–H and O–H groups in total. The molecule has 0 saturated carbocycles. The van der Waals surface area contributed by atoms with Gasteiger partial charge in [0.1, 0.15) is 0 Å². The molecule has 1 atom stereocenters. The SMILES string of the molecule is O=c1[nH]ccnc1N1CCN(C2CCOC3(CCOCC3)C2)CC1. The number of ether oxygens (including phenoxy) is 2. The smallest absolute Gasteiger partial charge is 0.290 e. The van der Waals surface area contributed by atoms with Gasteiger partial charge in [-0.2, -0.15) is 0 Å². The number of anilines is 1. The van der Waals surface area contributed by atoms with E-state index in [-0.39, 0.29) is 11.2 Å². The number of piperazine rings is 1. The summed E-state index contributed by atoms with van der Waals surface area (Å²) in [4.78, 5) is 23.5. The molecule has 1 spiro atoms. The Hall–Kier alpha value is -1.44. The average Bonchev–Trinajstić information content (AvgIpc) is 2.63. The summed E-state index contributed by atoms with van der Waals surface area (Å²) in [5.41, 5.74) is -0.0608. The van der Waals surface area contributed by atoms with Gasteiger partial charge in [0.25, 0.3) is 5.56 Å². The number of hydrogen-bond donors (Lipinski definition) is 1. The standard InChI is InChI=1S/C17H26N4O3/c22-16-15(18-4-5-19-16)21-8-6-20(7-9-21)14-1-10-24-17(13-14)2-11-23-12-3-17/h4-5,14H,1-3,6-13H2,(H,19,22). The molecule has 132 valence electrons. The molecule has 3 saturated heterocycles. The molecule has 0 aliphatic carbocycles. The summed E-state index contributed by atoms with van der Waals surface area (Å²) in [6, 6.07) is 0.584. The van der Waals surface area contributed by atoms with Gasteiger partial charge in [-0.15, -0.1) is 0 Å². The van der Waals surface area contributed by atoms with Gasteiger partial charge in [-0.3, -0.25) is 9.69 Å². The normalized spacial score (nSPS) is 28.2. The molecule has 7 nitrogen and oxygen atoms in total. The predicted octanol–water partition coefficient (Wildman–Crippen LogP) is 0.620. The van der Waals surface area contributed by atoms with Crippen molar-refractivity contribution in [2.75, 3.05) is 50.9 Å². The second-order valence-electron chi connectivity index (χ2n) is 7.06.